The highest BCUT2D eigenvalue weighted by molar-refractivity contribution is 7.10. The average Bonchev–Trinajstić information content (AvgIpc) is 2.34. The van der Waals surface area contributed by atoms with Crippen LogP contribution in [0.4, 0.5) is 0 Å². The number of hydrogen-bond donors (Lipinski definition) is 1. The van der Waals surface area contributed by atoms with E-state index >= 15 is 0 Å². The Morgan fingerprint density at radius 1 is 1.78 bits per heavy atom. The summed E-state index contributed by atoms with van der Waals surface area (Å²) in [6.45, 7) is 0.526. The lowest BCUT2D eigenvalue weighted by atomic mass is 10.3. The van der Waals surface area contributed by atoms with Gasteiger partial charge in [0.25, 0.3) is 0 Å². The van der Waals surface area contributed by atoms with Gasteiger partial charge in [-0.15, -0.1) is 11.3 Å². The van der Waals surface area contributed by atoms with E-state index in [0.717, 1.165) is 16.7 Å². The van der Waals surface area contributed by atoms with Gasteiger partial charge in [0, 0.05) is 22.4 Å². The van der Waals surface area contributed by atoms with E-state index in [0.29, 0.717) is 6.54 Å². The molecule has 0 fully saturated rings. The van der Waals surface area contributed by atoms with Gasteiger partial charge < -0.3 is 5.73 Å². The van der Waals surface area contributed by atoms with E-state index in [9.17, 15) is 4.79 Å². The fourth-order valence-corrected chi connectivity index (χ4v) is 1.28. The van der Waals surface area contributed by atoms with Gasteiger partial charge in [0.05, 0.1) is 0 Å². The second-order valence-electron chi connectivity index (χ2n) is 1.67. The molecule has 1 aromatic heterocycles. The molecule has 0 radical (unpaired) electrons. The fourth-order valence-electron chi connectivity index (χ4n) is 0.566. The molecular weight excluding hydrogens is 134 g/mol. The minimum absolute atomic E-state index is 0.526. The molecule has 0 atom stereocenters. The van der Waals surface area contributed by atoms with Crippen LogP contribution in [-0.4, -0.2) is 6.29 Å². The van der Waals surface area contributed by atoms with Crippen molar-refractivity contribution in [1.82, 2.24) is 0 Å². The SMILES string of the molecule is NCc1cc(C=O)cs1. The largest absolute Gasteiger partial charge is 0.326 e. The normalized spacial score (nSPS) is 9.44. The smallest absolute Gasteiger partial charge is 0.150 e. The molecule has 0 aliphatic rings. The zero-order valence-electron chi connectivity index (χ0n) is 4.83. The first kappa shape index (κ1) is 6.45. The molecule has 2 nitrogen and oxygen atoms in total. The van der Waals surface area contributed by atoms with Crippen LogP contribution in [0.15, 0.2) is 11.4 Å². The lowest BCUT2D eigenvalue weighted by Crippen LogP contribution is -1.91. The van der Waals surface area contributed by atoms with E-state index in [1.165, 1.54) is 11.3 Å². The van der Waals surface area contributed by atoms with Crippen molar-refractivity contribution < 1.29 is 4.79 Å². The summed E-state index contributed by atoms with van der Waals surface area (Å²) in [4.78, 5) is 11.2. The number of carbonyl (C=O) groups excluding carboxylic acids is 1. The second-order valence-corrected chi connectivity index (χ2v) is 2.66. The Kier molecular flexibility index (Phi) is 1.97. The number of rotatable bonds is 2. The van der Waals surface area contributed by atoms with Gasteiger partial charge in [-0.25, -0.2) is 0 Å². The number of thiophene rings is 1. The Balaban J connectivity index is 2.86. The third-order valence-electron chi connectivity index (χ3n) is 1.01. The van der Waals surface area contributed by atoms with E-state index in [1.807, 2.05) is 0 Å². The highest BCUT2D eigenvalue weighted by Gasteiger charge is 1.93. The number of nitrogens with two attached hydrogens (primary N) is 1. The minimum Gasteiger partial charge on any atom is -0.326 e. The molecule has 0 saturated heterocycles. The van der Waals surface area contributed by atoms with Crippen LogP contribution in [-0.2, 0) is 6.54 Å². The molecule has 48 valence electrons. The van der Waals surface area contributed by atoms with Crippen molar-refractivity contribution in [2.45, 2.75) is 6.54 Å². The molecule has 0 saturated carbocycles. The van der Waals surface area contributed by atoms with Gasteiger partial charge in [-0.1, -0.05) is 0 Å². The molecule has 0 aliphatic heterocycles. The Hall–Kier alpha value is -0.670. The van der Waals surface area contributed by atoms with Crippen LogP contribution >= 0.6 is 11.3 Å². The summed E-state index contributed by atoms with van der Waals surface area (Å²) in [5, 5.41) is 1.80. The van der Waals surface area contributed by atoms with Crippen LogP contribution in [0.3, 0.4) is 0 Å². The molecule has 0 bridgehead atoms. The van der Waals surface area contributed by atoms with Crippen molar-refractivity contribution in [3.63, 3.8) is 0 Å². The predicted molar refractivity (Wildman–Crippen MR) is 37.6 cm³/mol. The zero-order chi connectivity index (χ0) is 6.69. The molecule has 0 amide bonds. The van der Waals surface area contributed by atoms with Crippen LogP contribution in [0.5, 0.6) is 0 Å². The van der Waals surface area contributed by atoms with Crippen molar-refractivity contribution >= 4 is 17.6 Å². The fraction of sp³-hybridized carbons (Fsp3) is 0.167. The summed E-state index contributed by atoms with van der Waals surface area (Å²) in [6, 6.07) is 1.80. The molecule has 3 heteroatoms. The monoisotopic (exact) mass is 141 g/mol. The summed E-state index contributed by atoms with van der Waals surface area (Å²) in [6.07, 6.45) is 0.829. The lowest BCUT2D eigenvalue weighted by Gasteiger charge is -1.80. The van der Waals surface area contributed by atoms with Crippen LogP contribution in [0.25, 0.3) is 0 Å². The highest BCUT2D eigenvalue weighted by Crippen LogP contribution is 2.11. The van der Waals surface area contributed by atoms with Crippen LogP contribution in [0, 0.1) is 0 Å². The topological polar surface area (TPSA) is 43.1 Å². The van der Waals surface area contributed by atoms with Crippen LogP contribution in [0.2, 0.25) is 0 Å². The summed E-state index contributed by atoms with van der Waals surface area (Å²) in [5.74, 6) is 0. The quantitative estimate of drug-likeness (QED) is 0.625. The van der Waals surface area contributed by atoms with E-state index in [-0.39, 0.29) is 0 Å². The molecular formula is C6H7NOS. The van der Waals surface area contributed by atoms with Crippen molar-refractivity contribution in [2.75, 3.05) is 0 Å². The molecule has 9 heavy (non-hydrogen) atoms. The molecule has 1 heterocycles. The summed E-state index contributed by atoms with van der Waals surface area (Å²) >= 11 is 1.52. The van der Waals surface area contributed by atoms with E-state index in [4.69, 9.17) is 5.73 Å². The first-order chi connectivity index (χ1) is 4.36. The maximum atomic E-state index is 10.1. The number of hydrogen-bond acceptors (Lipinski definition) is 3. The summed E-state index contributed by atoms with van der Waals surface area (Å²) < 4.78 is 0. The van der Waals surface area contributed by atoms with Crippen molar-refractivity contribution in [3.05, 3.63) is 21.9 Å². The molecule has 0 unspecified atom stereocenters. The Bertz CT molecular complexity index is 207. The molecule has 1 aromatic rings. The van der Waals surface area contributed by atoms with Crippen molar-refractivity contribution in [3.8, 4) is 0 Å². The van der Waals surface area contributed by atoms with Gasteiger partial charge in [0.15, 0.2) is 6.29 Å². The third kappa shape index (κ3) is 1.37. The van der Waals surface area contributed by atoms with E-state index in [2.05, 4.69) is 0 Å². The Labute approximate surface area is 57.3 Å². The standard InChI is InChI=1S/C6H7NOS/c7-2-6-1-5(3-8)4-9-6/h1,3-4H,2,7H2. The molecule has 0 spiro atoms. The molecule has 0 aromatic carbocycles. The van der Waals surface area contributed by atoms with E-state index in [1.54, 1.807) is 11.4 Å². The highest BCUT2D eigenvalue weighted by atomic mass is 32.1. The zero-order valence-corrected chi connectivity index (χ0v) is 5.65. The summed E-state index contributed by atoms with van der Waals surface area (Å²) in [7, 11) is 0. The molecule has 2 N–H and O–H groups in total. The number of aldehydes is 1. The van der Waals surface area contributed by atoms with Crippen molar-refractivity contribution in [2.24, 2.45) is 5.73 Å². The van der Waals surface area contributed by atoms with Gasteiger partial charge in [-0.3, -0.25) is 4.79 Å². The maximum Gasteiger partial charge on any atom is 0.150 e. The number of carbonyl (C=O) groups is 1. The van der Waals surface area contributed by atoms with Gasteiger partial charge in [0.2, 0.25) is 0 Å². The lowest BCUT2D eigenvalue weighted by molar-refractivity contribution is 0.112. The summed E-state index contributed by atoms with van der Waals surface area (Å²) in [5.41, 5.74) is 6.03. The van der Waals surface area contributed by atoms with Gasteiger partial charge in [0.1, 0.15) is 0 Å². The first-order valence-electron chi connectivity index (χ1n) is 2.59. The van der Waals surface area contributed by atoms with E-state index < -0.39 is 0 Å². The minimum atomic E-state index is 0.526. The Morgan fingerprint density at radius 3 is 2.89 bits per heavy atom. The van der Waals surface area contributed by atoms with Gasteiger partial charge in [-0.2, -0.15) is 0 Å². The predicted octanol–water partition coefficient (Wildman–Crippen LogP) is 1.02. The van der Waals surface area contributed by atoms with Crippen LogP contribution in [0.1, 0.15) is 15.2 Å². The average molecular weight is 141 g/mol. The third-order valence-corrected chi connectivity index (χ3v) is 1.99. The van der Waals surface area contributed by atoms with Gasteiger partial charge in [-0.05, 0) is 6.07 Å². The molecule has 1 rings (SSSR count). The second kappa shape index (κ2) is 2.75. The maximum absolute atomic E-state index is 10.1. The molecule has 0 aliphatic carbocycles. The van der Waals surface area contributed by atoms with Crippen molar-refractivity contribution in [1.29, 1.82) is 0 Å². The first-order valence-corrected chi connectivity index (χ1v) is 3.47. The van der Waals surface area contributed by atoms with Crippen LogP contribution < -0.4 is 5.73 Å². The van der Waals surface area contributed by atoms with Gasteiger partial charge >= 0.3 is 0 Å². The Morgan fingerprint density at radius 2 is 2.56 bits per heavy atom.